The maximum absolute atomic E-state index is 6.07. The second-order valence-corrected chi connectivity index (χ2v) is 6.96. The second kappa shape index (κ2) is 7.00. The Morgan fingerprint density at radius 2 is 2.06 bits per heavy atom. The van der Waals surface area contributed by atoms with Crippen molar-refractivity contribution in [3.05, 3.63) is 20.8 Å². The lowest BCUT2D eigenvalue weighted by molar-refractivity contribution is 0.286. The molecule has 0 bridgehead atoms. The zero-order valence-electron chi connectivity index (χ0n) is 9.85. The molecule has 0 aliphatic carbocycles. The highest BCUT2D eigenvalue weighted by Gasteiger charge is 2.24. The smallest absolute Gasteiger partial charge is 0.0701 e. The van der Waals surface area contributed by atoms with Gasteiger partial charge in [0.2, 0.25) is 0 Å². The Morgan fingerprint density at radius 1 is 1.38 bits per heavy atom. The lowest BCUT2D eigenvalue weighted by Gasteiger charge is -2.29. The lowest BCUT2D eigenvalue weighted by atomic mass is 9.84. The van der Waals surface area contributed by atoms with Gasteiger partial charge >= 0.3 is 0 Å². The van der Waals surface area contributed by atoms with Crippen LogP contribution in [0.2, 0.25) is 0 Å². The number of halogens is 2. The van der Waals surface area contributed by atoms with Crippen molar-refractivity contribution in [3.63, 3.8) is 0 Å². The summed E-state index contributed by atoms with van der Waals surface area (Å²) in [5.74, 6) is 0.737. The van der Waals surface area contributed by atoms with Crippen LogP contribution in [0.25, 0.3) is 0 Å². The van der Waals surface area contributed by atoms with Crippen LogP contribution in [0, 0.1) is 5.41 Å². The van der Waals surface area contributed by atoms with E-state index in [4.69, 9.17) is 11.6 Å². The van der Waals surface area contributed by atoms with Crippen LogP contribution in [0.4, 0.5) is 0 Å². The molecule has 0 unspecified atom stereocenters. The van der Waals surface area contributed by atoms with Crippen LogP contribution < -0.4 is 5.32 Å². The van der Waals surface area contributed by atoms with Crippen LogP contribution in [0.1, 0.15) is 31.6 Å². The van der Waals surface area contributed by atoms with Crippen molar-refractivity contribution in [3.8, 4) is 0 Å². The van der Waals surface area contributed by atoms with E-state index in [9.17, 15) is 0 Å². The molecule has 1 rings (SSSR count). The third-order valence-electron chi connectivity index (χ3n) is 3.21. The van der Waals surface area contributed by atoms with Gasteiger partial charge in [0, 0.05) is 23.8 Å². The molecule has 1 nitrogen and oxygen atoms in total. The van der Waals surface area contributed by atoms with Crippen LogP contribution in [-0.2, 0) is 6.54 Å². The maximum atomic E-state index is 6.07. The monoisotopic (exact) mass is 323 g/mol. The topological polar surface area (TPSA) is 12.0 Å². The van der Waals surface area contributed by atoms with Gasteiger partial charge in [-0.15, -0.1) is 22.9 Å². The van der Waals surface area contributed by atoms with Crippen molar-refractivity contribution in [2.75, 3.05) is 12.4 Å². The molecule has 0 atom stereocenters. The highest BCUT2D eigenvalue weighted by atomic mass is 79.9. The Labute approximate surface area is 116 Å². The number of nitrogens with one attached hydrogen (secondary N) is 1. The molecular weight excluding hydrogens is 306 g/mol. The molecule has 0 aliphatic heterocycles. The zero-order valence-corrected chi connectivity index (χ0v) is 13.0. The summed E-state index contributed by atoms with van der Waals surface area (Å²) in [6, 6.07) is 4.25. The van der Waals surface area contributed by atoms with E-state index in [-0.39, 0.29) is 5.41 Å². The van der Waals surface area contributed by atoms with E-state index in [1.54, 1.807) is 11.3 Å². The van der Waals surface area contributed by atoms with E-state index < -0.39 is 0 Å². The van der Waals surface area contributed by atoms with Crippen molar-refractivity contribution in [2.45, 2.75) is 33.2 Å². The second-order valence-electron chi connectivity index (χ2n) is 4.15. The van der Waals surface area contributed by atoms with E-state index in [1.807, 2.05) is 0 Å². The van der Waals surface area contributed by atoms with Crippen LogP contribution in [-0.4, -0.2) is 12.4 Å². The SMILES string of the molecule is CCC(CC)(CCl)CNCc1ccc(Br)s1. The third kappa shape index (κ3) is 4.02. The predicted octanol–water partition coefficient (Wildman–Crippen LogP) is 4.65. The van der Waals surface area contributed by atoms with Gasteiger partial charge in [-0.05, 0) is 46.3 Å². The number of hydrogen-bond acceptors (Lipinski definition) is 2. The van der Waals surface area contributed by atoms with Crippen LogP contribution >= 0.6 is 38.9 Å². The van der Waals surface area contributed by atoms with E-state index >= 15 is 0 Å². The average Bonchev–Trinajstić information content (AvgIpc) is 2.71. The molecule has 1 heterocycles. The van der Waals surface area contributed by atoms with Gasteiger partial charge in [0.25, 0.3) is 0 Å². The van der Waals surface area contributed by atoms with Gasteiger partial charge in [0.1, 0.15) is 0 Å². The molecule has 4 heteroatoms. The standard InChI is InChI=1S/C12H19BrClNS/c1-3-12(4-2,8-14)9-15-7-10-5-6-11(13)16-10/h5-6,15H,3-4,7-9H2,1-2H3. The van der Waals surface area contributed by atoms with Gasteiger partial charge in [0.05, 0.1) is 3.79 Å². The first-order valence-corrected chi connectivity index (χ1v) is 7.81. The molecule has 1 aromatic rings. The van der Waals surface area contributed by atoms with Crippen LogP contribution in [0.5, 0.6) is 0 Å². The third-order valence-corrected chi connectivity index (χ3v) is 5.40. The van der Waals surface area contributed by atoms with Crippen LogP contribution in [0.3, 0.4) is 0 Å². The fourth-order valence-corrected chi connectivity index (χ4v) is 3.56. The fraction of sp³-hybridized carbons (Fsp3) is 0.667. The highest BCUT2D eigenvalue weighted by molar-refractivity contribution is 9.11. The van der Waals surface area contributed by atoms with Crippen LogP contribution in [0.15, 0.2) is 15.9 Å². The number of rotatable bonds is 7. The Morgan fingerprint density at radius 3 is 2.50 bits per heavy atom. The van der Waals surface area contributed by atoms with Crippen molar-refractivity contribution in [1.82, 2.24) is 5.32 Å². The Bertz CT molecular complexity index is 301. The molecule has 1 N–H and O–H groups in total. The summed E-state index contributed by atoms with van der Waals surface area (Å²) < 4.78 is 1.19. The lowest BCUT2D eigenvalue weighted by Crippen LogP contribution is -2.34. The van der Waals surface area contributed by atoms with E-state index in [1.165, 1.54) is 8.66 Å². The molecule has 0 aliphatic rings. The number of thiophene rings is 1. The molecule has 0 saturated carbocycles. The Balaban J connectivity index is 2.39. The van der Waals surface area contributed by atoms with Gasteiger partial charge in [-0.2, -0.15) is 0 Å². The van der Waals surface area contributed by atoms with E-state index in [0.29, 0.717) is 0 Å². The summed E-state index contributed by atoms with van der Waals surface area (Å²) in [6.45, 7) is 6.37. The molecule has 0 aromatic carbocycles. The van der Waals surface area contributed by atoms with Crippen molar-refractivity contribution in [2.24, 2.45) is 5.41 Å². The number of hydrogen-bond donors (Lipinski definition) is 1. The van der Waals surface area contributed by atoms with Gasteiger partial charge < -0.3 is 5.32 Å². The Hall–Kier alpha value is 0.430. The summed E-state index contributed by atoms with van der Waals surface area (Å²) in [4.78, 5) is 1.36. The van der Waals surface area contributed by atoms with Crippen molar-refractivity contribution >= 4 is 38.9 Å². The summed E-state index contributed by atoms with van der Waals surface area (Å²) in [5, 5.41) is 3.51. The molecule has 92 valence electrons. The first-order chi connectivity index (χ1) is 7.65. The first kappa shape index (κ1) is 14.5. The molecule has 16 heavy (non-hydrogen) atoms. The molecule has 0 saturated heterocycles. The number of alkyl halides is 1. The van der Waals surface area contributed by atoms with Gasteiger partial charge in [-0.1, -0.05) is 13.8 Å². The minimum absolute atomic E-state index is 0.260. The maximum Gasteiger partial charge on any atom is 0.0701 e. The van der Waals surface area contributed by atoms with E-state index in [2.05, 4.69) is 47.2 Å². The summed E-state index contributed by atoms with van der Waals surface area (Å²) in [6.07, 6.45) is 2.27. The predicted molar refractivity (Wildman–Crippen MR) is 77.5 cm³/mol. The molecule has 0 fully saturated rings. The molecular formula is C12H19BrClNS. The van der Waals surface area contributed by atoms with Crippen molar-refractivity contribution < 1.29 is 0 Å². The summed E-state index contributed by atoms with van der Waals surface area (Å²) in [7, 11) is 0. The summed E-state index contributed by atoms with van der Waals surface area (Å²) >= 11 is 11.3. The first-order valence-electron chi connectivity index (χ1n) is 5.66. The minimum atomic E-state index is 0.260. The zero-order chi connectivity index (χ0) is 12.0. The molecule has 0 amide bonds. The van der Waals surface area contributed by atoms with Gasteiger partial charge in [-0.25, -0.2) is 0 Å². The fourth-order valence-electron chi connectivity index (χ4n) is 1.63. The molecule has 0 radical (unpaired) electrons. The molecule has 1 aromatic heterocycles. The van der Waals surface area contributed by atoms with Crippen molar-refractivity contribution in [1.29, 1.82) is 0 Å². The van der Waals surface area contributed by atoms with Gasteiger partial charge in [0.15, 0.2) is 0 Å². The highest BCUT2D eigenvalue weighted by Crippen LogP contribution is 2.27. The molecule has 0 spiro atoms. The minimum Gasteiger partial charge on any atom is -0.311 e. The summed E-state index contributed by atoms with van der Waals surface area (Å²) in [5.41, 5.74) is 0.260. The normalized spacial score (nSPS) is 12.0. The quantitative estimate of drug-likeness (QED) is 0.720. The Kier molecular flexibility index (Phi) is 6.34. The van der Waals surface area contributed by atoms with E-state index in [0.717, 1.165) is 31.8 Å². The average molecular weight is 325 g/mol. The van der Waals surface area contributed by atoms with Gasteiger partial charge in [-0.3, -0.25) is 0 Å². The largest absolute Gasteiger partial charge is 0.311 e.